The summed E-state index contributed by atoms with van der Waals surface area (Å²) in [7, 11) is 0. The summed E-state index contributed by atoms with van der Waals surface area (Å²) in [5.74, 6) is 3.21. The van der Waals surface area contributed by atoms with Gasteiger partial charge in [0.05, 0.1) is 92.5 Å². The van der Waals surface area contributed by atoms with Crippen LogP contribution in [0.25, 0.3) is 0 Å². The molecule has 1 unspecified atom stereocenters. The van der Waals surface area contributed by atoms with Gasteiger partial charge in [-0.15, -0.1) is 0 Å². The van der Waals surface area contributed by atoms with Crippen molar-refractivity contribution < 1.29 is 110 Å². The Morgan fingerprint density at radius 2 is 0.694 bits per heavy atom. The molecule has 0 aromatic heterocycles. The van der Waals surface area contributed by atoms with Gasteiger partial charge >= 0.3 is 51.4 Å². The van der Waals surface area contributed by atoms with E-state index in [1.165, 1.54) is 274 Å². The van der Waals surface area contributed by atoms with Gasteiger partial charge in [-0.25, -0.2) is 0 Å². The molecule has 0 bridgehead atoms. The Hall–Kier alpha value is -0.604. The number of hydrogen-bond acceptors (Lipinski definition) is 12. The van der Waals surface area contributed by atoms with Gasteiger partial charge in [0.2, 0.25) is 0 Å². The second-order valence-corrected chi connectivity index (χ2v) is 27.3. The predicted octanol–water partition coefficient (Wildman–Crippen LogP) is 21.6. The summed E-state index contributed by atoms with van der Waals surface area (Å²) in [5.41, 5.74) is 4.72. The number of benzene rings is 2. The first-order valence-corrected chi connectivity index (χ1v) is 41.1. The van der Waals surface area contributed by atoms with Crippen molar-refractivity contribution in [1.29, 1.82) is 0 Å². The van der Waals surface area contributed by atoms with Crippen molar-refractivity contribution in [1.82, 2.24) is 0 Å². The number of ether oxygens (including phenoxy) is 8. The summed E-state index contributed by atoms with van der Waals surface area (Å²) in [6, 6.07) is 12.0. The van der Waals surface area contributed by atoms with Gasteiger partial charge in [0.1, 0.15) is 23.0 Å². The molecule has 12 nitrogen and oxygen atoms in total. The largest absolute Gasteiger partial charge is 1.00 e. The smallest absolute Gasteiger partial charge is 0.870 e. The maximum Gasteiger partial charge on any atom is 1.00 e. The molecule has 1 atom stereocenters. The molecule has 0 heterocycles. The molecule has 98 heavy (non-hydrogen) atoms. The summed E-state index contributed by atoms with van der Waals surface area (Å²) >= 11 is 7.07. The molecule has 0 spiro atoms. The van der Waals surface area contributed by atoms with Crippen molar-refractivity contribution >= 4 is 31.9 Å². The molecule has 15 heteroatoms. The van der Waals surface area contributed by atoms with Crippen molar-refractivity contribution in [2.75, 3.05) is 92.5 Å². The molecule has 2 aromatic carbocycles. The van der Waals surface area contributed by atoms with Crippen LogP contribution in [-0.2, 0) is 45.7 Å². The SMILES string of the molecule is C.C.CCCCCCCCCCCCCCCCOC1=CC(COCC)CC(COCc2cc(O)cc(OCCCCCCCCCCCCCCCC)c2)=C1.CCCCCCCCCCCCCCCCOc1cc(CBr)cc(CBr)c1.OCCOCCOCCOCCO.[K+].[OH-]. The zero-order valence-electron chi connectivity index (χ0n) is 62.4. The molecule has 1 aliphatic rings. The summed E-state index contributed by atoms with van der Waals surface area (Å²) in [5, 5.41) is 28.8. The van der Waals surface area contributed by atoms with E-state index in [-0.39, 0.29) is 90.7 Å². The minimum atomic E-state index is 0. The number of hydrogen-bond donors (Lipinski definition) is 3. The minimum Gasteiger partial charge on any atom is -0.870 e. The Bertz CT molecular complexity index is 1930. The average Bonchev–Trinajstić information content (AvgIpc) is 0.900. The number of phenols is 1. The number of aliphatic hydroxyl groups excluding tert-OH is 2. The molecule has 1 aliphatic carbocycles. The third-order valence-corrected chi connectivity index (χ3v) is 18.5. The van der Waals surface area contributed by atoms with Crippen LogP contribution in [0.1, 0.15) is 335 Å². The van der Waals surface area contributed by atoms with Crippen LogP contribution in [0.2, 0.25) is 0 Å². The average molecular weight is 1540 g/mol. The summed E-state index contributed by atoms with van der Waals surface area (Å²) in [6.45, 7) is 16.3. The van der Waals surface area contributed by atoms with Crippen LogP contribution < -0.4 is 60.9 Å². The number of alkyl halides is 2. The monoisotopic (exact) mass is 1540 g/mol. The quantitative estimate of drug-likeness (QED) is 0.0327. The molecule has 572 valence electrons. The van der Waals surface area contributed by atoms with Gasteiger partial charge in [0.25, 0.3) is 0 Å². The van der Waals surface area contributed by atoms with Gasteiger partial charge in [0.15, 0.2) is 0 Å². The topological polar surface area (TPSA) is 165 Å². The first-order chi connectivity index (χ1) is 46.3. The maximum atomic E-state index is 10.4. The predicted molar refractivity (Wildman–Crippen MR) is 420 cm³/mol. The van der Waals surface area contributed by atoms with E-state index < -0.39 is 0 Å². The van der Waals surface area contributed by atoms with E-state index in [4.69, 9.17) is 48.1 Å². The fourth-order valence-electron chi connectivity index (χ4n) is 11.7. The second-order valence-electron chi connectivity index (χ2n) is 26.2. The third kappa shape index (κ3) is 69.7. The Morgan fingerprint density at radius 3 is 1.04 bits per heavy atom. The van der Waals surface area contributed by atoms with Crippen molar-refractivity contribution in [3.05, 3.63) is 76.6 Å². The van der Waals surface area contributed by atoms with E-state index in [2.05, 4.69) is 83.0 Å². The Labute approximate surface area is 663 Å². The van der Waals surface area contributed by atoms with Crippen molar-refractivity contribution in [2.24, 2.45) is 5.92 Å². The Balaban J connectivity index is -0.000000833. The zero-order valence-corrected chi connectivity index (χ0v) is 68.7. The zero-order chi connectivity index (χ0) is 67.9. The summed E-state index contributed by atoms with van der Waals surface area (Å²) in [4.78, 5) is 0. The Morgan fingerprint density at radius 1 is 0.367 bits per heavy atom. The number of aromatic hydroxyl groups is 1. The van der Waals surface area contributed by atoms with Gasteiger partial charge in [-0.05, 0) is 91.3 Å². The van der Waals surface area contributed by atoms with Crippen LogP contribution in [-0.4, -0.2) is 113 Å². The molecular weight excluding hydrogens is 1390 g/mol. The Kier molecular flexibility index (Phi) is 88.6. The number of rotatable bonds is 67. The molecule has 2 aromatic rings. The number of aliphatic hydroxyl groups is 2. The molecule has 0 saturated heterocycles. The van der Waals surface area contributed by atoms with Crippen LogP contribution in [0.4, 0.5) is 0 Å². The van der Waals surface area contributed by atoms with E-state index in [9.17, 15) is 5.11 Å². The molecule has 0 saturated carbocycles. The fraction of sp³-hybridized carbons (Fsp3) is 0.807. The molecular formula is C83H153Br2KO12. The fourth-order valence-corrected chi connectivity index (χ4v) is 12.4. The molecule has 0 amide bonds. The molecule has 0 radical (unpaired) electrons. The van der Waals surface area contributed by atoms with Crippen molar-refractivity contribution in [3.63, 3.8) is 0 Å². The first-order valence-electron chi connectivity index (χ1n) is 38.8. The van der Waals surface area contributed by atoms with Gasteiger partial charge in [-0.2, -0.15) is 0 Å². The van der Waals surface area contributed by atoms with Crippen LogP contribution in [0.5, 0.6) is 17.2 Å². The molecule has 0 fully saturated rings. The van der Waals surface area contributed by atoms with Crippen LogP contribution in [0.3, 0.4) is 0 Å². The number of halogens is 2. The van der Waals surface area contributed by atoms with E-state index in [0.29, 0.717) is 72.0 Å². The first kappa shape index (κ1) is 104. The number of phenolic OH excluding ortho intramolecular Hbond substituents is 1. The van der Waals surface area contributed by atoms with Gasteiger partial charge < -0.3 is 58.7 Å². The standard InChI is InChI=1S/C49H86O5.C24H40Br2O.C8H18O5.2CH4.K.H2O/c1-4-7-9-11-13-15-17-19-21-23-25-27-29-31-33-53-48-37-44(41-51-6-3)35-45(38-48)42-52-43-46-36-47(50)40-49(39-46)54-34-32-30-28-26-24-22-20-18-16-14-12-10-8-5-2;1-2-3-4-5-6-7-8-9-10-11-12-13-14-15-16-27-24-18-22(20-25)17-23(19-24)21-26;9-1-3-11-5-7-13-8-6-12-4-2-10;;;;/h36-40,44,50H,4-35,41-43H2,1-3H3;17-19H,2-16,20-21H2,1H3;9-10H,1-8H2;2*1H4;;1H2/q;;;;;+1;/p-1. The number of allylic oxidation sites excluding steroid dienone is 1. The third-order valence-electron chi connectivity index (χ3n) is 17.2. The van der Waals surface area contributed by atoms with E-state index in [1.807, 2.05) is 13.0 Å². The minimum absolute atomic E-state index is 0. The van der Waals surface area contributed by atoms with Crippen LogP contribution in [0.15, 0.2) is 59.9 Å². The van der Waals surface area contributed by atoms with Gasteiger partial charge in [-0.1, -0.05) is 324 Å². The van der Waals surface area contributed by atoms with Crippen LogP contribution >= 0.6 is 31.9 Å². The number of unbranched alkanes of at least 4 members (excludes halogenated alkanes) is 39. The van der Waals surface area contributed by atoms with Crippen molar-refractivity contribution in [2.45, 2.75) is 336 Å². The van der Waals surface area contributed by atoms with Gasteiger partial charge in [-0.3, -0.25) is 0 Å². The molecule has 3 rings (SSSR count). The van der Waals surface area contributed by atoms with E-state index >= 15 is 0 Å². The normalized spacial score (nSPS) is 12.3. The summed E-state index contributed by atoms with van der Waals surface area (Å²) < 4.78 is 45.2. The maximum absolute atomic E-state index is 10.4. The van der Waals surface area contributed by atoms with Crippen LogP contribution in [0, 0.1) is 5.92 Å². The molecule has 4 N–H and O–H groups in total. The summed E-state index contributed by atoms with van der Waals surface area (Å²) in [6.07, 6.45) is 62.8. The van der Waals surface area contributed by atoms with E-state index in [1.54, 1.807) is 12.1 Å². The second kappa shape index (κ2) is 83.7. The van der Waals surface area contributed by atoms with Crippen molar-refractivity contribution in [3.8, 4) is 17.2 Å². The molecule has 0 aliphatic heterocycles. The van der Waals surface area contributed by atoms with E-state index in [0.717, 1.165) is 72.6 Å². The van der Waals surface area contributed by atoms with Gasteiger partial charge in [0, 0.05) is 29.3 Å².